The molecule has 1 unspecified atom stereocenters. The molecule has 32 heavy (non-hydrogen) atoms. The van der Waals surface area contributed by atoms with Crippen LogP contribution in [0.25, 0.3) is 0 Å². The number of fused-ring (bicyclic) bond motifs is 3. The Morgan fingerprint density at radius 1 is 1.00 bits per heavy atom. The van der Waals surface area contributed by atoms with Crippen LogP contribution in [-0.4, -0.2) is 65.8 Å². The molecule has 5 heteroatoms. The number of Topliss-reactive ketones (excluding diaryl/α,β-unsaturated/α-hetero) is 1. The van der Waals surface area contributed by atoms with E-state index in [0.717, 1.165) is 50.7 Å². The van der Waals surface area contributed by atoms with Gasteiger partial charge in [-0.05, 0) is 49.0 Å². The van der Waals surface area contributed by atoms with Crippen molar-refractivity contribution in [2.75, 3.05) is 39.3 Å². The van der Waals surface area contributed by atoms with E-state index in [2.05, 4.69) is 32.9 Å². The lowest BCUT2D eigenvalue weighted by molar-refractivity contribution is -0.121. The normalized spacial score (nSPS) is 28.3. The molecule has 0 spiro atoms. The Morgan fingerprint density at radius 3 is 2.56 bits per heavy atom. The van der Waals surface area contributed by atoms with Gasteiger partial charge in [-0.25, -0.2) is 4.39 Å². The quantitative estimate of drug-likeness (QED) is 0.638. The summed E-state index contributed by atoms with van der Waals surface area (Å²) in [6, 6.07) is 7.44. The van der Waals surface area contributed by atoms with Crippen LogP contribution < -0.4 is 0 Å². The molecule has 2 heterocycles. The number of rotatable bonds is 7. The van der Waals surface area contributed by atoms with E-state index < -0.39 is 0 Å². The average molecular weight is 438 g/mol. The van der Waals surface area contributed by atoms with E-state index in [1.165, 1.54) is 49.9 Å². The first-order valence-electron chi connectivity index (χ1n) is 12.5. The molecule has 1 saturated carbocycles. The number of halogens is 1. The third-order valence-electron chi connectivity index (χ3n) is 8.02. The second kappa shape index (κ2) is 9.88. The number of hydrogen-bond donors (Lipinski definition) is 0. The lowest BCUT2D eigenvalue weighted by Crippen LogP contribution is -2.47. The molecule has 2 aliphatic carbocycles. The van der Waals surface area contributed by atoms with Crippen LogP contribution in [0.1, 0.15) is 44.1 Å². The molecule has 1 aromatic rings. The number of hydrogen-bond acceptors (Lipinski definition) is 4. The Hall–Kier alpha value is -1.98. The highest BCUT2D eigenvalue weighted by Crippen LogP contribution is 2.48. The third kappa shape index (κ3) is 4.84. The number of likely N-dealkylation sites (tertiary alicyclic amines) is 1. The molecule has 172 valence electrons. The summed E-state index contributed by atoms with van der Waals surface area (Å²) in [4.78, 5) is 20.2. The van der Waals surface area contributed by atoms with Gasteiger partial charge in [-0.2, -0.15) is 0 Å². The zero-order chi connectivity index (χ0) is 21.9. The average Bonchev–Trinajstić information content (AvgIpc) is 3.14. The molecule has 5 rings (SSSR count). The molecule has 4 aliphatic rings. The van der Waals surface area contributed by atoms with Crippen LogP contribution in [0.4, 0.5) is 4.39 Å². The van der Waals surface area contributed by atoms with Crippen molar-refractivity contribution in [1.29, 1.82) is 0 Å². The van der Waals surface area contributed by atoms with Crippen molar-refractivity contribution in [3.05, 3.63) is 59.6 Å². The largest absolute Gasteiger partial charge is 0.371 e. The predicted octanol–water partition coefficient (Wildman–Crippen LogP) is 4.24. The number of carbonyl (C=O) groups excluding carboxylic acids is 1. The van der Waals surface area contributed by atoms with Crippen molar-refractivity contribution < 1.29 is 9.18 Å². The molecule has 2 aliphatic heterocycles. The van der Waals surface area contributed by atoms with Crippen molar-refractivity contribution >= 4 is 5.78 Å². The summed E-state index contributed by atoms with van der Waals surface area (Å²) in [5, 5.41) is 0. The van der Waals surface area contributed by atoms with Gasteiger partial charge in [0.2, 0.25) is 0 Å². The first kappa shape index (κ1) is 21.8. The fourth-order valence-electron chi connectivity index (χ4n) is 6.35. The molecule has 3 fully saturated rings. The summed E-state index contributed by atoms with van der Waals surface area (Å²) in [5.41, 5.74) is 2.65. The van der Waals surface area contributed by atoms with E-state index in [1.54, 1.807) is 0 Å². The van der Waals surface area contributed by atoms with Gasteiger partial charge in [-0.15, -0.1) is 0 Å². The second-order valence-electron chi connectivity index (χ2n) is 10.0. The van der Waals surface area contributed by atoms with Gasteiger partial charge in [-0.3, -0.25) is 14.6 Å². The summed E-state index contributed by atoms with van der Waals surface area (Å²) < 4.78 is 13.1. The Balaban J connectivity index is 1.08. The molecule has 0 radical (unpaired) electrons. The number of ketones is 1. The minimum absolute atomic E-state index is 0.184. The van der Waals surface area contributed by atoms with Gasteiger partial charge < -0.3 is 4.90 Å². The molecular formula is C27H36FN3O. The van der Waals surface area contributed by atoms with Crippen molar-refractivity contribution in [2.45, 2.75) is 51.1 Å². The number of carbonyl (C=O) groups is 1. The van der Waals surface area contributed by atoms with E-state index in [-0.39, 0.29) is 5.82 Å². The maximum atomic E-state index is 13.1. The Labute approximate surface area is 191 Å². The summed E-state index contributed by atoms with van der Waals surface area (Å²) >= 11 is 0. The monoisotopic (exact) mass is 437 g/mol. The van der Waals surface area contributed by atoms with Crippen LogP contribution in [0.2, 0.25) is 0 Å². The van der Waals surface area contributed by atoms with Crippen molar-refractivity contribution in [1.82, 2.24) is 14.7 Å². The first-order valence-corrected chi connectivity index (χ1v) is 12.5. The number of benzene rings is 1. The predicted molar refractivity (Wildman–Crippen MR) is 126 cm³/mol. The van der Waals surface area contributed by atoms with Crippen LogP contribution in [0.3, 0.4) is 0 Å². The van der Waals surface area contributed by atoms with Crippen molar-refractivity contribution in [3.63, 3.8) is 0 Å². The molecule has 0 N–H and O–H groups in total. The summed E-state index contributed by atoms with van der Waals surface area (Å²) in [5.74, 6) is 1.68. The van der Waals surface area contributed by atoms with Gasteiger partial charge in [0.1, 0.15) is 11.6 Å². The maximum absolute atomic E-state index is 13.1. The fraction of sp³-hybridized carbons (Fsp3) is 0.593. The van der Waals surface area contributed by atoms with E-state index in [0.29, 0.717) is 30.7 Å². The second-order valence-corrected chi connectivity index (χ2v) is 10.0. The Bertz CT molecular complexity index is 856. The van der Waals surface area contributed by atoms with Gasteiger partial charge in [-0.1, -0.05) is 37.1 Å². The van der Waals surface area contributed by atoms with Crippen LogP contribution >= 0.6 is 0 Å². The van der Waals surface area contributed by atoms with Crippen LogP contribution in [-0.2, 0) is 11.3 Å². The molecule has 0 bridgehead atoms. The maximum Gasteiger partial charge on any atom is 0.148 e. The topological polar surface area (TPSA) is 26.8 Å². The zero-order valence-electron chi connectivity index (χ0n) is 19.1. The van der Waals surface area contributed by atoms with Gasteiger partial charge >= 0.3 is 0 Å². The van der Waals surface area contributed by atoms with Gasteiger partial charge in [0.15, 0.2) is 0 Å². The van der Waals surface area contributed by atoms with Crippen LogP contribution in [0.5, 0.6) is 0 Å². The molecule has 3 atom stereocenters. The summed E-state index contributed by atoms with van der Waals surface area (Å²) in [6.07, 6.45) is 14.0. The van der Waals surface area contributed by atoms with Gasteiger partial charge in [0, 0.05) is 63.3 Å². The molecule has 2 saturated heterocycles. The third-order valence-corrected chi connectivity index (χ3v) is 8.02. The molecule has 0 aromatic heterocycles. The van der Waals surface area contributed by atoms with Crippen molar-refractivity contribution in [2.24, 2.45) is 11.8 Å². The molecule has 0 amide bonds. The standard InChI is InChI=1S/C27H36FN3O/c28-22-11-9-21(10-12-22)19-29-15-17-30(18-16-29)20-23(32)13-14-31-26-7-3-1-5-24(26)25-6-2-4-8-27(25)31/h1,3,7,9-12,24-25,27H,2,4-6,8,13-20H2/t24-,25+,27?/m0/s1. The van der Waals surface area contributed by atoms with Crippen LogP contribution in [0, 0.1) is 17.7 Å². The Morgan fingerprint density at radius 2 is 1.75 bits per heavy atom. The SMILES string of the molecule is O=C(CCN1C2=CC=CC[C@H]2[C@H]2CCCCC21)CN1CCN(Cc2ccc(F)cc2)CC1. The summed E-state index contributed by atoms with van der Waals surface area (Å²) in [7, 11) is 0. The smallest absolute Gasteiger partial charge is 0.148 e. The van der Waals surface area contributed by atoms with Crippen molar-refractivity contribution in [3.8, 4) is 0 Å². The number of allylic oxidation sites excluding steroid dienone is 4. The molecule has 1 aromatic carbocycles. The number of piperazine rings is 1. The minimum Gasteiger partial charge on any atom is -0.371 e. The highest BCUT2D eigenvalue weighted by atomic mass is 19.1. The van der Waals surface area contributed by atoms with Gasteiger partial charge in [0.25, 0.3) is 0 Å². The van der Waals surface area contributed by atoms with Crippen LogP contribution in [0.15, 0.2) is 48.2 Å². The highest BCUT2D eigenvalue weighted by Gasteiger charge is 2.45. The summed E-state index contributed by atoms with van der Waals surface area (Å²) in [6.45, 7) is 6.10. The van der Waals surface area contributed by atoms with E-state index in [1.807, 2.05) is 12.1 Å². The first-order chi connectivity index (χ1) is 15.7. The number of nitrogens with zero attached hydrogens (tertiary/aromatic N) is 3. The lowest BCUT2D eigenvalue weighted by Gasteiger charge is -2.35. The Kier molecular flexibility index (Phi) is 6.74. The zero-order valence-corrected chi connectivity index (χ0v) is 19.1. The lowest BCUT2D eigenvalue weighted by atomic mass is 9.77. The highest BCUT2D eigenvalue weighted by molar-refractivity contribution is 5.80. The van der Waals surface area contributed by atoms with E-state index in [9.17, 15) is 9.18 Å². The molecular weight excluding hydrogens is 401 g/mol. The van der Waals surface area contributed by atoms with Gasteiger partial charge in [0.05, 0.1) is 6.54 Å². The fourth-order valence-corrected chi connectivity index (χ4v) is 6.35. The molecule has 4 nitrogen and oxygen atoms in total. The van der Waals surface area contributed by atoms with E-state index in [4.69, 9.17) is 0 Å². The van der Waals surface area contributed by atoms with E-state index >= 15 is 0 Å². The minimum atomic E-state index is -0.184.